The number of amides is 2. The maximum atomic E-state index is 12.8. The summed E-state index contributed by atoms with van der Waals surface area (Å²) in [5, 5.41) is 2.99. The molecule has 110 valence electrons. The highest BCUT2D eigenvalue weighted by molar-refractivity contribution is 6.00. The van der Waals surface area contributed by atoms with Crippen LogP contribution in [-0.4, -0.2) is 34.8 Å². The molecule has 1 heterocycles. The van der Waals surface area contributed by atoms with Crippen molar-refractivity contribution in [1.29, 1.82) is 0 Å². The van der Waals surface area contributed by atoms with Gasteiger partial charge in [0.1, 0.15) is 11.6 Å². The van der Waals surface area contributed by atoms with E-state index in [0.29, 0.717) is 19.4 Å². The Bertz CT molecular complexity index is 354. The van der Waals surface area contributed by atoms with E-state index in [1.807, 2.05) is 41.5 Å². The number of hydrogen-bond acceptors (Lipinski definition) is 2. The van der Waals surface area contributed by atoms with Gasteiger partial charge in [0.25, 0.3) is 0 Å². The number of piperazine rings is 1. The SMILES string of the molecule is CCCN1C(=O)C(CC)(CC)NC(=O)C1C(C)(C)C. The highest BCUT2D eigenvalue weighted by Crippen LogP contribution is 2.33. The Morgan fingerprint density at radius 3 is 2.05 bits per heavy atom. The third kappa shape index (κ3) is 2.77. The lowest BCUT2D eigenvalue weighted by Crippen LogP contribution is -2.72. The van der Waals surface area contributed by atoms with Gasteiger partial charge in [0, 0.05) is 6.54 Å². The van der Waals surface area contributed by atoms with Crippen molar-refractivity contribution in [2.45, 2.75) is 72.4 Å². The van der Waals surface area contributed by atoms with Gasteiger partial charge in [-0.15, -0.1) is 0 Å². The van der Waals surface area contributed by atoms with E-state index in [2.05, 4.69) is 5.32 Å². The molecule has 19 heavy (non-hydrogen) atoms. The first-order valence-corrected chi connectivity index (χ1v) is 7.36. The number of nitrogens with one attached hydrogen (secondary N) is 1. The third-order valence-corrected chi connectivity index (χ3v) is 4.08. The number of carbonyl (C=O) groups excluding carboxylic acids is 2. The first-order chi connectivity index (χ1) is 8.73. The van der Waals surface area contributed by atoms with Crippen molar-refractivity contribution in [2.24, 2.45) is 5.41 Å². The summed E-state index contributed by atoms with van der Waals surface area (Å²) in [4.78, 5) is 27.1. The minimum absolute atomic E-state index is 0.00995. The van der Waals surface area contributed by atoms with Crippen molar-refractivity contribution >= 4 is 11.8 Å². The molecule has 1 aliphatic heterocycles. The van der Waals surface area contributed by atoms with Gasteiger partial charge >= 0.3 is 0 Å². The highest BCUT2D eigenvalue weighted by atomic mass is 16.2. The van der Waals surface area contributed by atoms with Gasteiger partial charge in [0.15, 0.2) is 0 Å². The summed E-state index contributed by atoms with van der Waals surface area (Å²) < 4.78 is 0. The number of rotatable bonds is 4. The van der Waals surface area contributed by atoms with Crippen LogP contribution in [0.5, 0.6) is 0 Å². The summed E-state index contributed by atoms with van der Waals surface area (Å²) in [6, 6.07) is -0.369. The Labute approximate surface area is 116 Å². The smallest absolute Gasteiger partial charge is 0.249 e. The molecule has 0 saturated carbocycles. The minimum Gasteiger partial charge on any atom is -0.340 e. The van der Waals surface area contributed by atoms with Crippen LogP contribution in [0.25, 0.3) is 0 Å². The molecule has 0 aromatic rings. The Kier molecular flexibility index (Phi) is 4.64. The Morgan fingerprint density at radius 1 is 1.16 bits per heavy atom. The van der Waals surface area contributed by atoms with Crippen LogP contribution in [0.1, 0.15) is 60.8 Å². The quantitative estimate of drug-likeness (QED) is 0.850. The summed E-state index contributed by atoms with van der Waals surface area (Å²) >= 11 is 0. The van der Waals surface area contributed by atoms with E-state index in [9.17, 15) is 9.59 Å². The van der Waals surface area contributed by atoms with Crippen LogP contribution in [0.15, 0.2) is 0 Å². The van der Waals surface area contributed by atoms with Gasteiger partial charge in [-0.1, -0.05) is 41.5 Å². The summed E-state index contributed by atoms with van der Waals surface area (Å²) in [6.45, 7) is 12.6. The van der Waals surface area contributed by atoms with E-state index < -0.39 is 5.54 Å². The van der Waals surface area contributed by atoms with Gasteiger partial charge in [0.05, 0.1) is 0 Å². The second-order valence-electron chi connectivity index (χ2n) is 6.55. The summed E-state index contributed by atoms with van der Waals surface area (Å²) in [5.41, 5.74) is -0.948. The van der Waals surface area contributed by atoms with Crippen molar-refractivity contribution in [3.63, 3.8) is 0 Å². The molecule has 1 fully saturated rings. The number of nitrogens with zero attached hydrogens (tertiary/aromatic N) is 1. The average Bonchev–Trinajstić information content (AvgIpc) is 2.32. The van der Waals surface area contributed by atoms with Crippen LogP contribution in [0.4, 0.5) is 0 Å². The van der Waals surface area contributed by atoms with Crippen LogP contribution in [-0.2, 0) is 9.59 Å². The van der Waals surface area contributed by atoms with E-state index in [1.54, 1.807) is 4.90 Å². The number of hydrogen-bond donors (Lipinski definition) is 1. The van der Waals surface area contributed by atoms with Crippen molar-refractivity contribution in [3.8, 4) is 0 Å². The molecule has 0 aliphatic carbocycles. The van der Waals surface area contributed by atoms with Gasteiger partial charge in [0.2, 0.25) is 11.8 Å². The van der Waals surface area contributed by atoms with Gasteiger partial charge in [-0.2, -0.15) is 0 Å². The largest absolute Gasteiger partial charge is 0.340 e. The van der Waals surface area contributed by atoms with Crippen LogP contribution >= 0.6 is 0 Å². The van der Waals surface area contributed by atoms with Gasteiger partial charge in [-0.05, 0) is 24.7 Å². The zero-order chi connectivity index (χ0) is 14.8. The Morgan fingerprint density at radius 2 is 1.68 bits per heavy atom. The topological polar surface area (TPSA) is 49.4 Å². The van der Waals surface area contributed by atoms with Crippen molar-refractivity contribution in [3.05, 3.63) is 0 Å². The molecule has 4 heteroatoms. The van der Waals surface area contributed by atoms with Gasteiger partial charge in [-0.3, -0.25) is 9.59 Å². The normalized spacial score (nSPS) is 23.5. The monoisotopic (exact) mass is 268 g/mol. The van der Waals surface area contributed by atoms with E-state index in [-0.39, 0.29) is 23.3 Å². The van der Waals surface area contributed by atoms with Crippen LogP contribution in [0, 0.1) is 5.41 Å². The molecule has 1 unspecified atom stereocenters. The van der Waals surface area contributed by atoms with E-state index in [4.69, 9.17) is 0 Å². The fraction of sp³-hybridized carbons (Fsp3) is 0.867. The zero-order valence-electron chi connectivity index (χ0n) is 13.2. The molecule has 2 amide bonds. The molecule has 0 aromatic carbocycles. The zero-order valence-corrected chi connectivity index (χ0v) is 13.2. The molecule has 0 radical (unpaired) electrons. The molecule has 1 saturated heterocycles. The highest BCUT2D eigenvalue weighted by Gasteiger charge is 2.51. The average molecular weight is 268 g/mol. The summed E-state index contributed by atoms with van der Waals surface area (Å²) in [6.07, 6.45) is 2.16. The molecular formula is C15H28N2O2. The molecule has 0 aromatic heterocycles. The Hall–Kier alpha value is -1.06. The second-order valence-corrected chi connectivity index (χ2v) is 6.55. The maximum absolute atomic E-state index is 12.8. The fourth-order valence-electron chi connectivity index (χ4n) is 2.95. The van der Waals surface area contributed by atoms with E-state index >= 15 is 0 Å². The summed E-state index contributed by atoms with van der Waals surface area (Å²) in [7, 11) is 0. The standard InChI is InChI=1S/C15H28N2O2/c1-7-10-17-11(14(4,5)6)12(18)16-15(8-2,9-3)13(17)19/h11H,7-10H2,1-6H3,(H,16,18). The molecule has 1 aliphatic rings. The lowest BCUT2D eigenvalue weighted by Gasteiger charge is -2.49. The molecule has 1 atom stereocenters. The second kappa shape index (κ2) is 5.51. The molecule has 1 N–H and O–H groups in total. The number of carbonyl (C=O) groups is 2. The van der Waals surface area contributed by atoms with Crippen LogP contribution in [0.2, 0.25) is 0 Å². The molecule has 1 rings (SSSR count). The first kappa shape index (κ1) is 16.0. The lowest BCUT2D eigenvalue weighted by atomic mass is 9.79. The van der Waals surface area contributed by atoms with Crippen molar-refractivity contribution < 1.29 is 9.59 Å². The summed E-state index contributed by atoms with van der Waals surface area (Å²) in [5.74, 6) is 0.0723. The molecule has 0 bridgehead atoms. The predicted octanol–water partition coefficient (Wildman–Crippen LogP) is 2.33. The van der Waals surface area contributed by atoms with Crippen LogP contribution < -0.4 is 5.32 Å². The van der Waals surface area contributed by atoms with Crippen LogP contribution in [0.3, 0.4) is 0 Å². The molecule has 0 spiro atoms. The third-order valence-electron chi connectivity index (χ3n) is 4.08. The maximum Gasteiger partial charge on any atom is 0.249 e. The van der Waals surface area contributed by atoms with E-state index in [1.165, 1.54) is 0 Å². The first-order valence-electron chi connectivity index (χ1n) is 7.36. The van der Waals surface area contributed by atoms with Gasteiger partial charge in [-0.25, -0.2) is 0 Å². The van der Waals surface area contributed by atoms with Crippen molar-refractivity contribution in [1.82, 2.24) is 10.2 Å². The van der Waals surface area contributed by atoms with E-state index in [0.717, 1.165) is 6.42 Å². The van der Waals surface area contributed by atoms with Gasteiger partial charge < -0.3 is 10.2 Å². The van der Waals surface area contributed by atoms with Crippen molar-refractivity contribution in [2.75, 3.05) is 6.54 Å². The Balaban J connectivity index is 3.20. The minimum atomic E-state index is -0.700. The predicted molar refractivity (Wildman–Crippen MR) is 76.7 cm³/mol. The lowest BCUT2D eigenvalue weighted by molar-refractivity contribution is -0.160. The molecular weight excluding hydrogens is 240 g/mol. The fourth-order valence-corrected chi connectivity index (χ4v) is 2.95. The molecule has 4 nitrogen and oxygen atoms in total.